The molecule has 2 heteroatoms. The second-order valence-corrected chi connectivity index (χ2v) is 6.49. The molecule has 1 aromatic rings. The van der Waals surface area contributed by atoms with E-state index in [4.69, 9.17) is 10.5 Å². The van der Waals surface area contributed by atoms with Gasteiger partial charge in [-0.05, 0) is 62.1 Å². The maximum atomic E-state index is 6.18. The molecule has 1 aliphatic rings. The van der Waals surface area contributed by atoms with Gasteiger partial charge in [-0.2, -0.15) is 0 Å². The molecule has 0 amide bonds. The normalized spacial score (nSPS) is 28.9. The Bertz CT molecular complexity index is 392. The fraction of sp³-hybridized carbons (Fsp3) is 0.647. The minimum Gasteiger partial charge on any atom is -0.490 e. The number of hydrogen-bond acceptors (Lipinski definition) is 2. The van der Waals surface area contributed by atoms with Gasteiger partial charge >= 0.3 is 0 Å². The smallest absolute Gasteiger partial charge is 0.119 e. The van der Waals surface area contributed by atoms with E-state index in [1.807, 2.05) is 6.92 Å². The number of benzene rings is 1. The third-order valence-electron chi connectivity index (χ3n) is 3.89. The average molecular weight is 261 g/mol. The van der Waals surface area contributed by atoms with Crippen molar-refractivity contribution < 1.29 is 4.74 Å². The molecule has 2 nitrogen and oxygen atoms in total. The molecule has 3 atom stereocenters. The maximum absolute atomic E-state index is 6.18. The van der Waals surface area contributed by atoms with E-state index in [-0.39, 0.29) is 6.04 Å². The molecule has 0 bridgehead atoms. The van der Waals surface area contributed by atoms with Crippen molar-refractivity contribution in [1.29, 1.82) is 0 Å². The van der Waals surface area contributed by atoms with Gasteiger partial charge in [-0.25, -0.2) is 0 Å². The van der Waals surface area contributed by atoms with E-state index in [0.29, 0.717) is 6.10 Å². The first-order chi connectivity index (χ1) is 9.02. The fourth-order valence-corrected chi connectivity index (χ4v) is 3.28. The summed E-state index contributed by atoms with van der Waals surface area (Å²) in [6, 6.07) is 8.61. The summed E-state index contributed by atoms with van der Waals surface area (Å²) in [6.07, 6.45) is 4.99. The summed E-state index contributed by atoms with van der Waals surface area (Å²) in [7, 11) is 0. The van der Waals surface area contributed by atoms with E-state index < -0.39 is 0 Å². The summed E-state index contributed by atoms with van der Waals surface area (Å²) < 4.78 is 6.18. The molecule has 0 saturated heterocycles. The molecule has 1 fully saturated rings. The Morgan fingerprint density at radius 1 is 1.21 bits per heavy atom. The van der Waals surface area contributed by atoms with E-state index in [1.165, 1.54) is 24.8 Å². The topological polar surface area (TPSA) is 35.2 Å². The molecule has 106 valence electrons. The zero-order valence-corrected chi connectivity index (χ0v) is 12.4. The van der Waals surface area contributed by atoms with Crippen LogP contribution in [-0.2, 0) is 6.42 Å². The van der Waals surface area contributed by atoms with Gasteiger partial charge in [-0.15, -0.1) is 0 Å². The second-order valence-electron chi connectivity index (χ2n) is 6.49. The number of ether oxygens (including phenoxy) is 1. The lowest BCUT2D eigenvalue weighted by atomic mass is 9.82. The fourth-order valence-electron chi connectivity index (χ4n) is 3.28. The van der Waals surface area contributed by atoms with Crippen molar-refractivity contribution in [1.82, 2.24) is 0 Å². The van der Waals surface area contributed by atoms with E-state index in [9.17, 15) is 0 Å². The Morgan fingerprint density at radius 2 is 1.89 bits per heavy atom. The first-order valence-corrected chi connectivity index (χ1v) is 7.54. The maximum Gasteiger partial charge on any atom is 0.119 e. The van der Waals surface area contributed by atoms with Crippen LogP contribution >= 0.6 is 0 Å². The van der Waals surface area contributed by atoms with Crippen LogP contribution in [0.4, 0.5) is 0 Å². The Balaban J connectivity index is 1.98. The molecular formula is C17H27NO. The second kappa shape index (κ2) is 6.42. The summed E-state index contributed by atoms with van der Waals surface area (Å²) in [6.45, 7) is 6.70. The molecule has 1 aromatic carbocycles. The lowest BCUT2D eigenvalue weighted by Gasteiger charge is -2.31. The highest BCUT2D eigenvalue weighted by Crippen LogP contribution is 2.31. The predicted molar refractivity (Wildman–Crippen MR) is 80.4 cm³/mol. The molecular weight excluding hydrogens is 234 g/mol. The van der Waals surface area contributed by atoms with Crippen LogP contribution in [0.3, 0.4) is 0 Å². The molecule has 1 saturated carbocycles. The third-order valence-corrected chi connectivity index (χ3v) is 3.89. The zero-order valence-electron chi connectivity index (χ0n) is 12.4. The standard InChI is InChI=1S/C17H27NO/c1-12-7-13(2)9-17(8-12)19-16-6-4-5-15(11-16)10-14(3)18/h4-6,11-14,17H,7-10,18H2,1-3H3. The van der Waals surface area contributed by atoms with Crippen molar-refractivity contribution in [2.75, 3.05) is 0 Å². The molecule has 1 aliphatic carbocycles. The first-order valence-electron chi connectivity index (χ1n) is 7.54. The van der Waals surface area contributed by atoms with Crippen molar-refractivity contribution in [2.24, 2.45) is 17.6 Å². The van der Waals surface area contributed by atoms with Crippen LogP contribution in [0.5, 0.6) is 5.75 Å². The van der Waals surface area contributed by atoms with Crippen molar-refractivity contribution >= 4 is 0 Å². The van der Waals surface area contributed by atoms with Crippen molar-refractivity contribution in [3.05, 3.63) is 29.8 Å². The molecule has 0 aromatic heterocycles. The molecule has 0 radical (unpaired) electrons. The highest BCUT2D eigenvalue weighted by atomic mass is 16.5. The Morgan fingerprint density at radius 3 is 2.53 bits per heavy atom. The van der Waals surface area contributed by atoms with Gasteiger partial charge in [0.05, 0.1) is 6.10 Å². The van der Waals surface area contributed by atoms with Gasteiger partial charge in [0.15, 0.2) is 0 Å². The van der Waals surface area contributed by atoms with Crippen molar-refractivity contribution in [2.45, 2.75) is 58.6 Å². The summed E-state index contributed by atoms with van der Waals surface area (Å²) in [5.74, 6) is 2.56. The first kappa shape index (κ1) is 14.4. The van der Waals surface area contributed by atoms with Crippen LogP contribution in [-0.4, -0.2) is 12.1 Å². The molecule has 3 unspecified atom stereocenters. The summed E-state index contributed by atoms with van der Waals surface area (Å²) in [5, 5.41) is 0. The van der Waals surface area contributed by atoms with Crippen LogP contribution in [0.1, 0.15) is 45.6 Å². The lowest BCUT2D eigenvalue weighted by molar-refractivity contribution is 0.101. The van der Waals surface area contributed by atoms with Gasteiger partial charge in [-0.3, -0.25) is 0 Å². The van der Waals surface area contributed by atoms with Gasteiger partial charge < -0.3 is 10.5 Å². The van der Waals surface area contributed by atoms with Crippen molar-refractivity contribution in [3.63, 3.8) is 0 Å². The Hall–Kier alpha value is -1.02. The SMILES string of the molecule is CC(N)Cc1cccc(OC2CC(C)CC(C)C2)c1. The Kier molecular flexibility index (Phi) is 4.87. The molecule has 19 heavy (non-hydrogen) atoms. The van der Waals surface area contributed by atoms with E-state index in [1.54, 1.807) is 0 Å². The van der Waals surface area contributed by atoms with Gasteiger partial charge in [-0.1, -0.05) is 26.0 Å². The number of rotatable bonds is 4. The van der Waals surface area contributed by atoms with Crippen LogP contribution in [0.2, 0.25) is 0 Å². The molecule has 2 N–H and O–H groups in total. The van der Waals surface area contributed by atoms with Crippen molar-refractivity contribution in [3.8, 4) is 5.75 Å². The Labute approximate surface area is 117 Å². The average Bonchev–Trinajstić information content (AvgIpc) is 2.26. The minimum absolute atomic E-state index is 0.199. The lowest BCUT2D eigenvalue weighted by Crippen LogP contribution is -2.28. The van der Waals surface area contributed by atoms with Gasteiger partial charge in [0, 0.05) is 6.04 Å². The quantitative estimate of drug-likeness (QED) is 0.895. The molecule has 0 spiro atoms. The zero-order chi connectivity index (χ0) is 13.8. The van der Waals surface area contributed by atoms with Crippen LogP contribution in [0.15, 0.2) is 24.3 Å². The number of hydrogen-bond donors (Lipinski definition) is 1. The molecule has 0 heterocycles. The monoisotopic (exact) mass is 261 g/mol. The van der Waals surface area contributed by atoms with E-state index in [0.717, 1.165) is 24.0 Å². The van der Waals surface area contributed by atoms with Gasteiger partial charge in [0.2, 0.25) is 0 Å². The highest BCUT2D eigenvalue weighted by Gasteiger charge is 2.25. The molecule has 2 rings (SSSR count). The summed E-state index contributed by atoms with van der Waals surface area (Å²) in [4.78, 5) is 0. The largest absolute Gasteiger partial charge is 0.490 e. The highest BCUT2D eigenvalue weighted by molar-refractivity contribution is 5.29. The minimum atomic E-state index is 0.199. The summed E-state index contributed by atoms with van der Waals surface area (Å²) >= 11 is 0. The van der Waals surface area contributed by atoms with Crippen LogP contribution < -0.4 is 10.5 Å². The van der Waals surface area contributed by atoms with Gasteiger partial charge in [0.1, 0.15) is 5.75 Å². The van der Waals surface area contributed by atoms with Gasteiger partial charge in [0.25, 0.3) is 0 Å². The van der Waals surface area contributed by atoms with Crippen LogP contribution in [0, 0.1) is 11.8 Å². The predicted octanol–water partition coefficient (Wildman–Crippen LogP) is 3.78. The van der Waals surface area contributed by atoms with E-state index in [2.05, 4.69) is 38.1 Å². The van der Waals surface area contributed by atoms with E-state index >= 15 is 0 Å². The third kappa shape index (κ3) is 4.54. The van der Waals surface area contributed by atoms with Crippen LogP contribution in [0.25, 0.3) is 0 Å². The molecule has 0 aliphatic heterocycles. The number of nitrogens with two attached hydrogens (primary N) is 1. The summed E-state index contributed by atoms with van der Waals surface area (Å²) in [5.41, 5.74) is 7.12.